The molecule has 0 aromatic heterocycles. The molecule has 29 heavy (non-hydrogen) atoms. The van der Waals surface area contributed by atoms with E-state index >= 15 is 0 Å². The van der Waals surface area contributed by atoms with Crippen LogP contribution in [-0.4, -0.2) is 70.6 Å². The summed E-state index contributed by atoms with van der Waals surface area (Å²) in [5.41, 5.74) is 10.7. The van der Waals surface area contributed by atoms with E-state index < -0.39 is 60.4 Å². The molecule has 0 aromatic carbocycles. The number of primary amides is 1. The van der Waals surface area contributed by atoms with Crippen LogP contribution in [0.15, 0.2) is 0 Å². The Kier molecular flexibility index (Phi) is 11.5. The summed E-state index contributed by atoms with van der Waals surface area (Å²) in [6, 6.07) is -4.73. The number of aliphatic hydroxyl groups excluding tert-OH is 1. The first-order valence-corrected chi connectivity index (χ1v) is 9.17. The molecule has 0 aromatic rings. The van der Waals surface area contributed by atoms with Gasteiger partial charge in [0.2, 0.25) is 23.6 Å². The maximum absolute atomic E-state index is 12.5. The Hall–Kier alpha value is -2.73. The van der Waals surface area contributed by atoms with Crippen molar-refractivity contribution in [3.63, 3.8) is 0 Å². The van der Waals surface area contributed by atoms with Gasteiger partial charge in [-0.15, -0.1) is 0 Å². The average molecular weight is 417 g/mol. The summed E-state index contributed by atoms with van der Waals surface area (Å²) in [4.78, 5) is 58.4. The fourth-order valence-corrected chi connectivity index (χ4v) is 2.25. The van der Waals surface area contributed by atoms with Crippen LogP contribution in [0.3, 0.4) is 0 Å². The third-order valence-corrected chi connectivity index (χ3v) is 3.92. The molecule has 0 saturated carbocycles. The first-order valence-electron chi connectivity index (χ1n) is 9.17. The highest BCUT2D eigenvalue weighted by Gasteiger charge is 2.29. The molecular weight excluding hydrogens is 386 g/mol. The van der Waals surface area contributed by atoms with Crippen molar-refractivity contribution in [1.29, 1.82) is 0 Å². The number of carbonyl (C=O) groups excluding carboxylic acids is 4. The smallest absolute Gasteiger partial charge is 0.325 e. The van der Waals surface area contributed by atoms with Crippen molar-refractivity contribution in [2.75, 3.05) is 6.61 Å². The zero-order chi connectivity index (χ0) is 22.7. The molecular formula is C17H31N5O7. The van der Waals surface area contributed by atoms with Crippen LogP contribution >= 0.6 is 0 Å². The SMILES string of the molecule is CC(C)CC(NC(=O)C(N)CCC(N)=O)C(=O)NC(CO)C(=O)NC(C)C(=O)O. The van der Waals surface area contributed by atoms with Crippen molar-refractivity contribution in [3.8, 4) is 0 Å². The first-order chi connectivity index (χ1) is 13.4. The number of carboxylic acid groups (broad SMARTS) is 1. The second kappa shape index (κ2) is 12.7. The predicted octanol–water partition coefficient (Wildman–Crippen LogP) is -2.82. The standard InChI is InChI=1S/C17H31N5O7/c1-8(2)6-11(21-14(25)10(18)4-5-13(19)24)15(26)22-12(7-23)16(27)20-9(3)17(28)29/h8-12,23H,4-7,18H2,1-3H3,(H2,19,24)(H,20,27)(H,21,25)(H,22,26)(H,28,29). The lowest BCUT2D eigenvalue weighted by molar-refractivity contribution is -0.142. The van der Waals surface area contributed by atoms with Crippen LogP contribution in [-0.2, 0) is 24.0 Å². The van der Waals surface area contributed by atoms with E-state index in [1.807, 2.05) is 13.8 Å². The normalized spacial score (nSPS) is 15.0. The van der Waals surface area contributed by atoms with E-state index in [0.717, 1.165) is 0 Å². The Morgan fingerprint density at radius 2 is 1.41 bits per heavy atom. The van der Waals surface area contributed by atoms with Crippen LogP contribution < -0.4 is 27.4 Å². The van der Waals surface area contributed by atoms with Gasteiger partial charge in [0.05, 0.1) is 12.6 Å². The van der Waals surface area contributed by atoms with Crippen LogP contribution in [0.5, 0.6) is 0 Å². The van der Waals surface area contributed by atoms with E-state index in [1.54, 1.807) is 0 Å². The molecule has 4 amide bonds. The third kappa shape index (κ3) is 10.4. The summed E-state index contributed by atoms with van der Waals surface area (Å²) in [5, 5.41) is 25.1. The molecule has 12 nitrogen and oxygen atoms in total. The molecule has 0 aliphatic heterocycles. The Labute approximate surface area is 168 Å². The van der Waals surface area contributed by atoms with Crippen molar-refractivity contribution in [2.45, 2.75) is 64.2 Å². The molecule has 0 fully saturated rings. The van der Waals surface area contributed by atoms with Crippen molar-refractivity contribution < 1.29 is 34.2 Å². The van der Waals surface area contributed by atoms with Crippen molar-refractivity contribution in [3.05, 3.63) is 0 Å². The summed E-state index contributed by atoms with van der Waals surface area (Å²) < 4.78 is 0. The van der Waals surface area contributed by atoms with E-state index in [9.17, 15) is 29.1 Å². The van der Waals surface area contributed by atoms with Gasteiger partial charge in [-0.3, -0.25) is 24.0 Å². The maximum atomic E-state index is 12.5. The molecule has 0 heterocycles. The quantitative estimate of drug-likeness (QED) is 0.165. The van der Waals surface area contributed by atoms with E-state index in [2.05, 4.69) is 16.0 Å². The average Bonchev–Trinajstić information content (AvgIpc) is 2.62. The summed E-state index contributed by atoms with van der Waals surface area (Å²) in [7, 11) is 0. The van der Waals surface area contributed by atoms with Gasteiger partial charge in [-0.05, 0) is 25.7 Å². The Morgan fingerprint density at radius 3 is 1.86 bits per heavy atom. The second-order valence-corrected chi connectivity index (χ2v) is 7.11. The van der Waals surface area contributed by atoms with Gasteiger partial charge in [0.25, 0.3) is 0 Å². The first kappa shape index (κ1) is 26.3. The number of aliphatic carboxylic acids is 1. The molecule has 166 valence electrons. The van der Waals surface area contributed by atoms with Crippen molar-refractivity contribution >= 4 is 29.6 Å². The molecule has 0 aliphatic carbocycles. The minimum atomic E-state index is -1.40. The summed E-state index contributed by atoms with van der Waals surface area (Å²) in [6.07, 6.45) is 0.126. The molecule has 0 aliphatic rings. The minimum absolute atomic E-state index is 0.00588. The van der Waals surface area contributed by atoms with Gasteiger partial charge in [-0.1, -0.05) is 13.8 Å². The molecule has 0 saturated heterocycles. The fraction of sp³-hybridized carbons (Fsp3) is 0.706. The van der Waals surface area contributed by atoms with Crippen LogP contribution in [0, 0.1) is 5.92 Å². The van der Waals surface area contributed by atoms with Gasteiger partial charge >= 0.3 is 5.97 Å². The molecule has 0 rings (SSSR count). The van der Waals surface area contributed by atoms with Gasteiger partial charge in [0.1, 0.15) is 18.1 Å². The summed E-state index contributed by atoms with van der Waals surface area (Å²) >= 11 is 0. The van der Waals surface area contributed by atoms with E-state index in [1.165, 1.54) is 6.92 Å². The fourth-order valence-electron chi connectivity index (χ4n) is 2.25. The van der Waals surface area contributed by atoms with Crippen LogP contribution in [0.4, 0.5) is 0 Å². The number of amides is 4. The molecule has 0 bridgehead atoms. The number of carboxylic acids is 1. The highest BCUT2D eigenvalue weighted by Crippen LogP contribution is 2.07. The largest absolute Gasteiger partial charge is 0.480 e. The Bertz CT molecular complexity index is 611. The number of nitrogens with one attached hydrogen (secondary N) is 3. The lowest BCUT2D eigenvalue weighted by atomic mass is 10.0. The Balaban J connectivity index is 5.08. The number of hydrogen-bond donors (Lipinski definition) is 7. The highest BCUT2D eigenvalue weighted by atomic mass is 16.4. The van der Waals surface area contributed by atoms with Gasteiger partial charge in [-0.2, -0.15) is 0 Å². The number of carbonyl (C=O) groups is 5. The number of aliphatic hydroxyl groups is 1. The van der Waals surface area contributed by atoms with Crippen LogP contribution in [0.2, 0.25) is 0 Å². The lowest BCUT2D eigenvalue weighted by Gasteiger charge is -2.24. The molecule has 0 radical (unpaired) electrons. The molecule has 4 atom stereocenters. The molecule has 0 spiro atoms. The molecule has 4 unspecified atom stereocenters. The molecule has 9 N–H and O–H groups in total. The second-order valence-electron chi connectivity index (χ2n) is 7.11. The maximum Gasteiger partial charge on any atom is 0.325 e. The van der Waals surface area contributed by atoms with Crippen LogP contribution in [0.25, 0.3) is 0 Å². The van der Waals surface area contributed by atoms with Gasteiger partial charge in [0.15, 0.2) is 0 Å². The van der Waals surface area contributed by atoms with Gasteiger partial charge < -0.3 is 37.6 Å². The van der Waals surface area contributed by atoms with Crippen molar-refractivity contribution in [2.24, 2.45) is 17.4 Å². The highest BCUT2D eigenvalue weighted by molar-refractivity contribution is 5.94. The summed E-state index contributed by atoms with van der Waals surface area (Å²) in [6.45, 7) is 4.07. The van der Waals surface area contributed by atoms with Crippen LogP contribution in [0.1, 0.15) is 40.0 Å². The van der Waals surface area contributed by atoms with E-state index in [-0.39, 0.29) is 25.2 Å². The molecule has 12 heteroatoms. The lowest BCUT2D eigenvalue weighted by Crippen LogP contribution is -2.58. The van der Waals surface area contributed by atoms with Crippen molar-refractivity contribution in [1.82, 2.24) is 16.0 Å². The monoisotopic (exact) mass is 417 g/mol. The van der Waals surface area contributed by atoms with E-state index in [0.29, 0.717) is 0 Å². The van der Waals surface area contributed by atoms with Gasteiger partial charge in [0, 0.05) is 6.42 Å². The zero-order valence-corrected chi connectivity index (χ0v) is 16.8. The third-order valence-electron chi connectivity index (χ3n) is 3.92. The Morgan fingerprint density at radius 1 is 0.897 bits per heavy atom. The van der Waals surface area contributed by atoms with E-state index in [4.69, 9.17) is 16.6 Å². The van der Waals surface area contributed by atoms with Gasteiger partial charge in [-0.25, -0.2) is 0 Å². The zero-order valence-electron chi connectivity index (χ0n) is 16.8. The summed E-state index contributed by atoms with van der Waals surface area (Å²) in [5.74, 6) is -4.21. The number of hydrogen-bond acceptors (Lipinski definition) is 7. The topological polar surface area (TPSA) is 214 Å². The minimum Gasteiger partial charge on any atom is -0.480 e. The number of rotatable bonds is 13. The predicted molar refractivity (Wildman–Crippen MR) is 102 cm³/mol. The number of nitrogens with two attached hydrogens (primary N) is 2.